The molecule has 0 aliphatic heterocycles. The molecular formula is C58H50N2. The van der Waals surface area contributed by atoms with Crippen LogP contribution in [0, 0.1) is 13.8 Å². The monoisotopic (exact) mass is 774 g/mol. The fourth-order valence-corrected chi connectivity index (χ4v) is 9.87. The second-order valence-electron chi connectivity index (χ2n) is 17.7. The molecule has 0 amide bonds. The van der Waals surface area contributed by atoms with Crippen LogP contribution in [-0.2, 0) is 10.8 Å². The Morgan fingerprint density at radius 1 is 0.317 bits per heavy atom. The minimum Gasteiger partial charge on any atom is -0.310 e. The molecule has 0 atom stereocenters. The molecule has 2 aliphatic rings. The van der Waals surface area contributed by atoms with Gasteiger partial charge in [-0.1, -0.05) is 149 Å². The number of rotatable bonds is 8. The Kier molecular flexibility index (Phi) is 8.99. The molecule has 2 heteroatoms. The standard InChI is InChI=1S/C58H50N2/c1-39-32-40(2)34-48(33-39)60(45-20-14-9-15-21-45)47-27-31-52-50-29-25-42(36-54(50)58(5,6)56(52)38-47)23-22-41-24-28-49-51-30-26-46(37-55(51)57(3,4)53(49)35-41)59(43-16-10-7-11-17-43)44-18-12-8-13-19-44/h7-38H,1-6H3. The topological polar surface area (TPSA) is 6.48 Å². The van der Waals surface area contributed by atoms with Crippen molar-refractivity contribution in [3.05, 3.63) is 226 Å². The SMILES string of the molecule is Cc1cc(C)cc(N(c2ccccc2)c2ccc3c(c2)C(C)(C)c2cc(C=Cc4ccc5c(c4)C(C)(C)c4cc(N(c6ccccc6)c6ccccc6)ccc4-5)ccc2-3)c1. The van der Waals surface area contributed by atoms with Gasteiger partial charge in [-0.05, 0) is 153 Å². The highest BCUT2D eigenvalue weighted by atomic mass is 15.1. The van der Waals surface area contributed by atoms with Crippen LogP contribution in [0.1, 0.15) is 72.2 Å². The summed E-state index contributed by atoms with van der Waals surface area (Å²) in [6, 6.07) is 66.9. The van der Waals surface area contributed by atoms with Crippen molar-refractivity contribution in [3.8, 4) is 22.3 Å². The molecule has 0 saturated carbocycles. The van der Waals surface area contributed by atoms with Gasteiger partial charge in [0.15, 0.2) is 0 Å². The summed E-state index contributed by atoms with van der Waals surface area (Å²) in [6.45, 7) is 13.9. The fourth-order valence-electron chi connectivity index (χ4n) is 9.87. The maximum absolute atomic E-state index is 2.42. The van der Waals surface area contributed by atoms with Gasteiger partial charge in [0.2, 0.25) is 0 Å². The fraction of sp³-hybridized carbons (Fsp3) is 0.138. The Hall–Kier alpha value is -6.90. The summed E-state index contributed by atoms with van der Waals surface area (Å²) < 4.78 is 0. The van der Waals surface area contributed by atoms with Crippen LogP contribution in [0.25, 0.3) is 34.4 Å². The van der Waals surface area contributed by atoms with Gasteiger partial charge in [-0.3, -0.25) is 0 Å². The van der Waals surface area contributed by atoms with Gasteiger partial charge in [0.05, 0.1) is 0 Å². The maximum atomic E-state index is 2.42. The van der Waals surface area contributed by atoms with E-state index in [-0.39, 0.29) is 10.8 Å². The number of para-hydroxylation sites is 3. The van der Waals surface area contributed by atoms with Gasteiger partial charge in [-0.2, -0.15) is 0 Å². The molecule has 0 saturated heterocycles. The Labute approximate surface area is 355 Å². The molecule has 8 aromatic rings. The number of hydrogen-bond donors (Lipinski definition) is 0. The summed E-state index contributed by atoms with van der Waals surface area (Å²) in [4.78, 5) is 4.75. The van der Waals surface area contributed by atoms with Crippen LogP contribution >= 0.6 is 0 Å². The van der Waals surface area contributed by atoms with E-state index in [4.69, 9.17) is 0 Å². The summed E-state index contributed by atoms with van der Waals surface area (Å²) in [5.41, 5.74) is 22.4. The number of fused-ring (bicyclic) bond motifs is 6. The number of aryl methyl sites for hydroxylation is 2. The first-order chi connectivity index (χ1) is 29.1. The highest BCUT2D eigenvalue weighted by molar-refractivity contribution is 5.89. The van der Waals surface area contributed by atoms with Crippen molar-refractivity contribution in [2.24, 2.45) is 0 Å². The van der Waals surface area contributed by atoms with Crippen molar-refractivity contribution in [2.45, 2.75) is 52.4 Å². The third kappa shape index (κ3) is 6.35. The van der Waals surface area contributed by atoms with Crippen LogP contribution in [0.4, 0.5) is 34.1 Å². The van der Waals surface area contributed by atoms with Gasteiger partial charge in [0, 0.05) is 45.0 Å². The number of benzene rings is 8. The lowest BCUT2D eigenvalue weighted by Gasteiger charge is -2.28. The predicted octanol–water partition coefficient (Wildman–Crippen LogP) is 16.0. The lowest BCUT2D eigenvalue weighted by atomic mass is 9.81. The zero-order valence-corrected chi connectivity index (χ0v) is 35.4. The maximum Gasteiger partial charge on any atom is 0.0466 e. The van der Waals surface area contributed by atoms with Crippen LogP contribution in [0.2, 0.25) is 0 Å². The van der Waals surface area contributed by atoms with Crippen molar-refractivity contribution in [2.75, 3.05) is 9.80 Å². The van der Waals surface area contributed by atoms with Crippen molar-refractivity contribution >= 4 is 46.3 Å². The van der Waals surface area contributed by atoms with Crippen molar-refractivity contribution < 1.29 is 0 Å². The van der Waals surface area contributed by atoms with E-state index in [1.165, 1.54) is 83.8 Å². The summed E-state index contributed by atoms with van der Waals surface area (Å²) in [6.07, 6.45) is 4.57. The molecule has 10 rings (SSSR count). The van der Waals surface area contributed by atoms with Crippen molar-refractivity contribution in [1.82, 2.24) is 0 Å². The first kappa shape index (κ1) is 37.4. The van der Waals surface area contributed by atoms with Gasteiger partial charge in [0.25, 0.3) is 0 Å². The van der Waals surface area contributed by atoms with E-state index in [0.717, 1.165) is 17.1 Å². The highest BCUT2D eigenvalue weighted by Crippen LogP contribution is 2.53. The Bertz CT molecular complexity index is 2880. The van der Waals surface area contributed by atoms with E-state index in [1.807, 2.05) is 0 Å². The quantitative estimate of drug-likeness (QED) is 0.142. The van der Waals surface area contributed by atoms with E-state index in [1.54, 1.807) is 0 Å². The molecule has 2 nitrogen and oxygen atoms in total. The largest absolute Gasteiger partial charge is 0.310 e. The predicted molar refractivity (Wildman–Crippen MR) is 256 cm³/mol. The van der Waals surface area contributed by atoms with E-state index in [0.29, 0.717) is 0 Å². The van der Waals surface area contributed by atoms with Crippen LogP contribution < -0.4 is 9.80 Å². The summed E-state index contributed by atoms with van der Waals surface area (Å²) >= 11 is 0. The molecule has 8 aromatic carbocycles. The second kappa shape index (κ2) is 14.4. The number of anilines is 6. The molecule has 0 unspecified atom stereocenters. The van der Waals surface area contributed by atoms with Gasteiger partial charge >= 0.3 is 0 Å². The van der Waals surface area contributed by atoms with E-state index < -0.39 is 0 Å². The zero-order valence-electron chi connectivity index (χ0n) is 35.4. The molecule has 0 aromatic heterocycles. The Morgan fingerprint density at radius 2 is 0.650 bits per heavy atom. The molecule has 0 spiro atoms. The van der Waals surface area contributed by atoms with Gasteiger partial charge in [0.1, 0.15) is 0 Å². The molecule has 0 heterocycles. The first-order valence-corrected chi connectivity index (χ1v) is 21.2. The average Bonchev–Trinajstić information content (AvgIpc) is 3.62. The Morgan fingerprint density at radius 3 is 1.03 bits per heavy atom. The molecule has 0 radical (unpaired) electrons. The van der Waals surface area contributed by atoms with Gasteiger partial charge < -0.3 is 9.80 Å². The number of hydrogen-bond acceptors (Lipinski definition) is 2. The van der Waals surface area contributed by atoms with Crippen molar-refractivity contribution in [3.63, 3.8) is 0 Å². The van der Waals surface area contributed by atoms with Crippen LogP contribution in [0.5, 0.6) is 0 Å². The molecule has 2 aliphatic carbocycles. The molecule has 0 bridgehead atoms. The lowest BCUT2D eigenvalue weighted by Crippen LogP contribution is -2.17. The Balaban J connectivity index is 0.945. The van der Waals surface area contributed by atoms with Gasteiger partial charge in [-0.25, -0.2) is 0 Å². The summed E-state index contributed by atoms with van der Waals surface area (Å²) in [5, 5.41) is 0. The summed E-state index contributed by atoms with van der Waals surface area (Å²) in [7, 11) is 0. The third-order valence-corrected chi connectivity index (χ3v) is 12.9. The lowest BCUT2D eigenvalue weighted by molar-refractivity contribution is 0.660. The van der Waals surface area contributed by atoms with E-state index in [2.05, 4.69) is 245 Å². The van der Waals surface area contributed by atoms with Crippen LogP contribution in [-0.4, -0.2) is 0 Å². The normalized spacial score (nSPS) is 14.0. The van der Waals surface area contributed by atoms with Crippen LogP contribution in [0.3, 0.4) is 0 Å². The minimum absolute atomic E-state index is 0.153. The first-order valence-electron chi connectivity index (χ1n) is 21.2. The highest BCUT2D eigenvalue weighted by Gasteiger charge is 2.37. The molecule has 0 fully saturated rings. The molecule has 60 heavy (non-hydrogen) atoms. The van der Waals surface area contributed by atoms with E-state index in [9.17, 15) is 0 Å². The smallest absolute Gasteiger partial charge is 0.0466 e. The molecular weight excluding hydrogens is 725 g/mol. The van der Waals surface area contributed by atoms with E-state index >= 15 is 0 Å². The minimum atomic E-state index is -0.159. The number of nitrogens with zero attached hydrogens (tertiary/aromatic N) is 2. The molecule has 292 valence electrons. The van der Waals surface area contributed by atoms with Crippen LogP contribution in [0.15, 0.2) is 182 Å². The zero-order chi connectivity index (χ0) is 41.2. The average molecular weight is 775 g/mol. The second-order valence-corrected chi connectivity index (χ2v) is 17.7. The molecule has 0 N–H and O–H groups in total. The third-order valence-electron chi connectivity index (χ3n) is 12.9. The summed E-state index contributed by atoms with van der Waals surface area (Å²) in [5.74, 6) is 0. The van der Waals surface area contributed by atoms with Crippen molar-refractivity contribution in [1.29, 1.82) is 0 Å². The van der Waals surface area contributed by atoms with Gasteiger partial charge in [-0.15, -0.1) is 0 Å².